The van der Waals surface area contributed by atoms with Gasteiger partial charge in [-0.05, 0) is 82.1 Å². The molecule has 1 unspecified atom stereocenters. The SMILES string of the molecule is Cc1ccc2c(C3(NC(=O)c4cc(OC([SiH3])[C@@H]5CCN5C)ccc4C)CC3)cc(O)cc2n1. The van der Waals surface area contributed by atoms with Crippen LogP contribution in [0.25, 0.3) is 10.9 Å². The fourth-order valence-electron chi connectivity index (χ4n) is 4.93. The molecule has 6 nitrogen and oxygen atoms in total. The molecule has 172 valence electrons. The van der Waals surface area contributed by atoms with Crippen LogP contribution >= 0.6 is 0 Å². The molecule has 1 aliphatic carbocycles. The number of likely N-dealkylation sites (N-methyl/N-ethyl adjacent to an activating group) is 1. The van der Waals surface area contributed by atoms with E-state index in [2.05, 4.69) is 22.2 Å². The lowest BCUT2D eigenvalue weighted by Crippen LogP contribution is -2.53. The standard InChI is InChI=1S/C26H31N3O3Si/c1-15-4-6-18(32-25(33)23-8-11-29(23)3)14-20(15)24(31)28-26(9-10-26)21-12-17(30)13-22-19(21)7-5-16(2)27-22/h4-7,12-14,23,25,30H,8-11H2,1-3,33H3,(H,28,31)/t23-,25?/m0/s1. The fourth-order valence-corrected chi connectivity index (χ4v) is 6.05. The largest absolute Gasteiger partial charge is 0.508 e. The van der Waals surface area contributed by atoms with Gasteiger partial charge in [0.1, 0.15) is 11.5 Å². The van der Waals surface area contributed by atoms with Gasteiger partial charge < -0.3 is 20.1 Å². The number of hydrogen-bond donors (Lipinski definition) is 2. The number of likely N-dealkylation sites (tertiary alicyclic amines) is 1. The molecule has 2 fully saturated rings. The Bertz CT molecular complexity index is 1240. The van der Waals surface area contributed by atoms with Crippen LogP contribution in [0.3, 0.4) is 0 Å². The summed E-state index contributed by atoms with van der Waals surface area (Å²) in [5.74, 6) is 0.804. The highest BCUT2D eigenvalue weighted by Crippen LogP contribution is 2.49. The molecule has 0 radical (unpaired) electrons. The van der Waals surface area contributed by atoms with Crippen LogP contribution in [0.15, 0.2) is 42.5 Å². The number of aromatic hydroxyl groups is 1. The van der Waals surface area contributed by atoms with Crippen molar-refractivity contribution >= 4 is 27.1 Å². The Morgan fingerprint density at radius 2 is 2.03 bits per heavy atom. The number of fused-ring (bicyclic) bond motifs is 1. The third-order valence-corrected chi connectivity index (χ3v) is 8.22. The van der Waals surface area contributed by atoms with E-state index in [4.69, 9.17) is 4.74 Å². The first-order valence-corrected chi connectivity index (χ1v) is 12.8. The molecule has 33 heavy (non-hydrogen) atoms. The number of aromatic nitrogens is 1. The molecule has 2 aliphatic rings. The van der Waals surface area contributed by atoms with Crippen molar-refractivity contribution in [1.29, 1.82) is 0 Å². The van der Waals surface area contributed by atoms with Gasteiger partial charge in [0.15, 0.2) is 0 Å². The molecule has 2 N–H and O–H groups in total. The van der Waals surface area contributed by atoms with E-state index in [0.717, 1.165) is 63.1 Å². The van der Waals surface area contributed by atoms with Crippen LogP contribution in [-0.4, -0.2) is 56.5 Å². The van der Waals surface area contributed by atoms with Crippen LogP contribution in [0.4, 0.5) is 0 Å². The van der Waals surface area contributed by atoms with Crippen molar-refractivity contribution in [1.82, 2.24) is 15.2 Å². The first-order valence-electron chi connectivity index (χ1n) is 11.7. The van der Waals surface area contributed by atoms with Gasteiger partial charge in [-0.2, -0.15) is 0 Å². The van der Waals surface area contributed by atoms with Gasteiger partial charge in [0.05, 0.1) is 27.0 Å². The number of rotatable bonds is 6. The normalized spacial score (nSPS) is 20.3. The summed E-state index contributed by atoms with van der Waals surface area (Å²) in [5, 5.41) is 14.6. The molecule has 2 aromatic carbocycles. The van der Waals surface area contributed by atoms with Crippen molar-refractivity contribution < 1.29 is 14.6 Å². The number of phenols is 1. The second-order valence-electron chi connectivity index (χ2n) is 9.69. The van der Waals surface area contributed by atoms with E-state index in [1.54, 1.807) is 12.1 Å². The Hall–Kier alpha value is -2.90. The van der Waals surface area contributed by atoms with Gasteiger partial charge in [-0.15, -0.1) is 0 Å². The molecule has 1 aromatic heterocycles. The van der Waals surface area contributed by atoms with E-state index in [1.165, 1.54) is 6.42 Å². The Kier molecular flexibility index (Phi) is 5.41. The number of pyridine rings is 1. The Morgan fingerprint density at radius 1 is 1.24 bits per heavy atom. The van der Waals surface area contributed by atoms with Crippen molar-refractivity contribution in [2.75, 3.05) is 13.6 Å². The Balaban J connectivity index is 1.40. The van der Waals surface area contributed by atoms with Gasteiger partial charge in [0, 0.05) is 28.8 Å². The van der Waals surface area contributed by atoms with E-state index in [-0.39, 0.29) is 17.4 Å². The minimum absolute atomic E-state index is 0.113. The molecule has 1 saturated carbocycles. The third kappa shape index (κ3) is 4.11. The van der Waals surface area contributed by atoms with Gasteiger partial charge in [-0.3, -0.25) is 9.78 Å². The Labute approximate surface area is 197 Å². The molecule has 1 amide bonds. The lowest BCUT2D eigenvalue weighted by atomic mass is 9.97. The lowest BCUT2D eigenvalue weighted by Gasteiger charge is -2.41. The molecule has 3 aromatic rings. The second kappa shape index (κ2) is 8.15. The highest BCUT2D eigenvalue weighted by Gasteiger charge is 2.47. The minimum Gasteiger partial charge on any atom is -0.508 e. The predicted molar refractivity (Wildman–Crippen MR) is 133 cm³/mol. The first kappa shape index (κ1) is 21.9. The zero-order valence-corrected chi connectivity index (χ0v) is 21.7. The molecule has 7 heteroatoms. The van der Waals surface area contributed by atoms with Crippen LogP contribution in [-0.2, 0) is 5.54 Å². The van der Waals surface area contributed by atoms with Crippen LogP contribution in [0, 0.1) is 13.8 Å². The summed E-state index contributed by atoms with van der Waals surface area (Å²) < 4.78 is 6.25. The molecule has 1 aliphatic heterocycles. The summed E-state index contributed by atoms with van der Waals surface area (Å²) in [6.07, 6.45) is 2.83. The fraction of sp³-hybridized carbons (Fsp3) is 0.385. The maximum Gasteiger partial charge on any atom is 0.252 e. The van der Waals surface area contributed by atoms with Crippen LogP contribution in [0.5, 0.6) is 11.5 Å². The van der Waals surface area contributed by atoms with E-state index >= 15 is 0 Å². The van der Waals surface area contributed by atoms with Crippen molar-refractivity contribution in [2.45, 2.75) is 50.4 Å². The van der Waals surface area contributed by atoms with E-state index < -0.39 is 5.54 Å². The van der Waals surface area contributed by atoms with Gasteiger partial charge in [0.25, 0.3) is 5.91 Å². The number of carbonyl (C=O) groups is 1. The zero-order valence-electron chi connectivity index (χ0n) is 19.7. The first-order chi connectivity index (χ1) is 15.8. The smallest absolute Gasteiger partial charge is 0.252 e. The highest BCUT2D eigenvalue weighted by atomic mass is 28.1. The summed E-state index contributed by atoms with van der Waals surface area (Å²) in [6.45, 7) is 5.00. The number of nitrogens with one attached hydrogen (secondary N) is 1. The number of amides is 1. The summed E-state index contributed by atoms with van der Waals surface area (Å²) in [7, 11) is 3.06. The lowest BCUT2D eigenvalue weighted by molar-refractivity contribution is 0.0562. The number of phenolic OH excluding ortho intramolecular Hbond substituents is 1. The Morgan fingerprint density at radius 3 is 2.70 bits per heavy atom. The molecule has 0 spiro atoms. The van der Waals surface area contributed by atoms with Gasteiger partial charge in [0.2, 0.25) is 0 Å². The number of nitrogens with zero attached hydrogens (tertiary/aromatic N) is 2. The molecule has 5 rings (SSSR count). The quantitative estimate of drug-likeness (QED) is 0.552. The van der Waals surface area contributed by atoms with E-state index in [0.29, 0.717) is 11.6 Å². The number of carbonyl (C=O) groups excluding carboxylic acids is 1. The van der Waals surface area contributed by atoms with Crippen molar-refractivity contribution in [3.63, 3.8) is 0 Å². The van der Waals surface area contributed by atoms with E-state index in [9.17, 15) is 9.90 Å². The van der Waals surface area contributed by atoms with Gasteiger partial charge >= 0.3 is 0 Å². The molecule has 2 heterocycles. The van der Waals surface area contributed by atoms with Crippen molar-refractivity contribution in [2.24, 2.45) is 0 Å². The zero-order chi connectivity index (χ0) is 23.3. The number of aryl methyl sites for hydroxylation is 2. The molecular weight excluding hydrogens is 430 g/mol. The molecular formula is C26H31N3O3Si. The number of benzene rings is 2. The minimum atomic E-state index is -0.483. The summed E-state index contributed by atoms with van der Waals surface area (Å²) in [4.78, 5) is 20.3. The van der Waals surface area contributed by atoms with Gasteiger partial charge in [-0.1, -0.05) is 12.1 Å². The average Bonchev–Trinajstić information content (AvgIpc) is 3.53. The predicted octanol–water partition coefficient (Wildman–Crippen LogP) is 2.75. The molecule has 1 saturated heterocycles. The molecule has 0 bridgehead atoms. The summed E-state index contributed by atoms with van der Waals surface area (Å²) in [6, 6.07) is 13.7. The monoisotopic (exact) mass is 461 g/mol. The van der Waals surface area contributed by atoms with E-state index in [1.807, 2.05) is 44.2 Å². The third-order valence-electron chi connectivity index (χ3n) is 7.21. The summed E-state index contributed by atoms with van der Waals surface area (Å²) >= 11 is 0. The highest BCUT2D eigenvalue weighted by molar-refractivity contribution is 6.11. The van der Waals surface area contributed by atoms with Crippen molar-refractivity contribution in [3.05, 3.63) is 64.8 Å². The second-order valence-corrected chi connectivity index (χ2v) is 10.8. The van der Waals surface area contributed by atoms with Crippen LogP contribution in [0.2, 0.25) is 0 Å². The van der Waals surface area contributed by atoms with Crippen LogP contribution in [0.1, 0.15) is 46.4 Å². The topological polar surface area (TPSA) is 74.7 Å². The summed E-state index contributed by atoms with van der Waals surface area (Å²) in [5.41, 5.74) is 3.83. The maximum absolute atomic E-state index is 13.4. The number of hydrogen-bond acceptors (Lipinski definition) is 5. The maximum atomic E-state index is 13.4. The van der Waals surface area contributed by atoms with Crippen molar-refractivity contribution in [3.8, 4) is 11.5 Å². The van der Waals surface area contributed by atoms with Crippen LogP contribution < -0.4 is 10.1 Å². The number of ether oxygens (including phenoxy) is 1. The average molecular weight is 462 g/mol. The molecule has 2 atom stereocenters. The van der Waals surface area contributed by atoms with Gasteiger partial charge in [-0.25, -0.2) is 0 Å².